The zero-order chi connectivity index (χ0) is 12.7. The number of furan rings is 1. The number of benzene rings is 1. The molecule has 2 aromatic rings. The van der Waals surface area contributed by atoms with Gasteiger partial charge in [-0.25, -0.2) is 0 Å². The van der Waals surface area contributed by atoms with Crippen LogP contribution in [0, 0.1) is 5.92 Å². The maximum atomic E-state index is 12.4. The van der Waals surface area contributed by atoms with Gasteiger partial charge in [0.05, 0.1) is 5.56 Å². The van der Waals surface area contributed by atoms with E-state index in [1.807, 2.05) is 29.2 Å². The smallest absolute Gasteiger partial charge is 0.257 e. The number of hydrogen-bond acceptors (Lipinski definition) is 3. The summed E-state index contributed by atoms with van der Waals surface area (Å²) in [6, 6.07) is 7.66. The third-order valence-electron chi connectivity index (χ3n) is 3.67. The number of nitrogens with two attached hydrogens (primary N) is 1. The van der Waals surface area contributed by atoms with Crippen molar-refractivity contribution in [2.24, 2.45) is 11.7 Å². The Morgan fingerprint density at radius 2 is 2.17 bits per heavy atom. The number of para-hydroxylation sites is 1. The largest absolute Gasteiger partial charge is 0.463 e. The van der Waals surface area contributed by atoms with Crippen molar-refractivity contribution in [3.63, 3.8) is 0 Å². The molecule has 1 aromatic heterocycles. The Kier molecular flexibility index (Phi) is 2.59. The first-order valence-electron chi connectivity index (χ1n) is 6.18. The fraction of sp³-hybridized carbons (Fsp3) is 0.357. The SMILES string of the molecule is CC1CN(C(=O)c2coc3ccccc23)CC1N. The van der Waals surface area contributed by atoms with E-state index in [2.05, 4.69) is 6.92 Å². The van der Waals surface area contributed by atoms with E-state index in [0.717, 1.165) is 17.5 Å². The number of likely N-dealkylation sites (tertiary alicyclic amines) is 1. The van der Waals surface area contributed by atoms with Crippen LogP contribution in [0.4, 0.5) is 0 Å². The minimum absolute atomic E-state index is 0.0137. The van der Waals surface area contributed by atoms with Crippen LogP contribution in [0.5, 0.6) is 0 Å². The van der Waals surface area contributed by atoms with Crippen molar-refractivity contribution in [2.75, 3.05) is 13.1 Å². The van der Waals surface area contributed by atoms with Gasteiger partial charge in [-0.1, -0.05) is 25.1 Å². The zero-order valence-electron chi connectivity index (χ0n) is 10.3. The van der Waals surface area contributed by atoms with Gasteiger partial charge in [-0.05, 0) is 12.0 Å². The summed E-state index contributed by atoms with van der Waals surface area (Å²) >= 11 is 0. The number of rotatable bonds is 1. The van der Waals surface area contributed by atoms with Gasteiger partial charge in [0, 0.05) is 24.5 Å². The van der Waals surface area contributed by atoms with E-state index in [4.69, 9.17) is 10.2 Å². The summed E-state index contributed by atoms with van der Waals surface area (Å²) in [5, 5.41) is 0.871. The van der Waals surface area contributed by atoms with E-state index < -0.39 is 0 Å². The first-order valence-corrected chi connectivity index (χ1v) is 6.18. The van der Waals surface area contributed by atoms with Gasteiger partial charge in [-0.15, -0.1) is 0 Å². The molecule has 4 nitrogen and oxygen atoms in total. The van der Waals surface area contributed by atoms with E-state index in [-0.39, 0.29) is 11.9 Å². The first-order chi connectivity index (χ1) is 8.66. The third kappa shape index (κ3) is 1.69. The van der Waals surface area contributed by atoms with Gasteiger partial charge in [-0.3, -0.25) is 4.79 Å². The molecule has 1 fully saturated rings. The van der Waals surface area contributed by atoms with E-state index in [0.29, 0.717) is 18.0 Å². The number of fused-ring (bicyclic) bond motifs is 1. The van der Waals surface area contributed by atoms with E-state index >= 15 is 0 Å². The van der Waals surface area contributed by atoms with Crippen LogP contribution in [0.1, 0.15) is 17.3 Å². The Labute approximate surface area is 105 Å². The highest BCUT2D eigenvalue weighted by molar-refractivity contribution is 6.06. The average molecular weight is 244 g/mol. The van der Waals surface area contributed by atoms with Crippen molar-refractivity contribution < 1.29 is 9.21 Å². The van der Waals surface area contributed by atoms with Crippen LogP contribution in [0.3, 0.4) is 0 Å². The van der Waals surface area contributed by atoms with Crippen LogP contribution in [0.25, 0.3) is 11.0 Å². The molecule has 2 heterocycles. The maximum Gasteiger partial charge on any atom is 0.257 e. The molecule has 0 bridgehead atoms. The van der Waals surface area contributed by atoms with Gasteiger partial charge >= 0.3 is 0 Å². The highest BCUT2D eigenvalue weighted by atomic mass is 16.3. The Balaban J connectivity index is 1.93. The highest BCUT2D eigenvalue weighted by Gasteiger charge is 2.31. The minimum Gasteiger partial charge on any atom is -0.463 e. The molecule has 1 amide bonds. The van der Waals surface area contributed by atoms with Crippen LogP contribution in [-0.4, -0.2) is 29.9 Å². The van der Waals surface area contributed by atoms with Crippen LogP contribution in [-0.2, 0) is 0 Å². The number of carbonyl (C=O) groups excluding carboxylic acids is 1. The molecule has 4 heteroatoms. The summed E-state index contributed by atoms with van der Waals surface area (Å²) in [6.45, 7) is 3.42. The van der Waals surface area contributed by atoms with Crippen LogP contribution >= 0.6 is 0 Å². The van der Waals surface area contributed by atoms with Gasteiger partial charge in [0.1, 0.15) is 11.8 Å². The van der Waals surface area contributed by atoms with Crippen LogP contribution in [0.15, 0.2) is 34.9 Å². The van der Waals surface area contributed by atoms with Crippen LogP contribution in [0.2, 0.25) is 0 Å². The zero-order valence-corrected chi connectivity index (χ0v) is 10.3. The fourth-order valence-electron chi connectivity index (χ4n) is 2.47. The number of nitrogens with zero attached hydrogens (tertiary/aromatic N) is 1. The lowest BCUT2D eigenvalue weighted by molar-refractivity contribution is 0.0788. The summed E-state index contributed by atoms with van der Waals surface area (Å²) in [7, 11) is 0. The standard InChI is InChI=1S/C14H16N2O2/c1-9-6-16(7-12(9)15)14(17)11-8-18-13-5-3-2-4-10(11)13/h2-5,8-9,12H,6-7,15H2,1H3. The Morgan fingerprint density at radius 3 is 2.89 bits per heavy atom. The van der Waals surface area contributed by atoms with Crippen molar-refractivity contribution in [1.82, 2.24) is 4.90 Å². The lowest BCUT2D eigenvalue weighted by Gasteiger charge is -2.14. The quantitative estimate of drug-likeness (QED) is 0.832. The summed E-state index contributed by atoms with van der Waals surface area (Å²) < 4.78 is 5.40. The second-order valence-electron chi connectivity index (χ2n) is 5.00. The lowest BCUT2D eigenvalue weighted by atomic mass is 10.1. The van der Waals surface area contributed by atoms with Gasteiger partial charge in [0.2, 0.25) is 0 Å². The van der Waals surface area contributed by atoms with Crippen molar-refractivity contribution in [2.45, 2.75) is 13.0 Å². The molecule has 0 saturated carbocycles. The van der Waals surface area contributed by atoms with Crippen LogP contribution < -0.4 is 5.73 Å². The fourth-order valence-corrected chi connectivity index (χ4v) is 2.47. The van der Waals surface area contributed by atoms with E-state index in [1.54, 1.807) is 6.26 Å². The Morgan fingerprint density at radius 1 is 1.39 bits per heavy atom. The van der Waals surface area contributed by atoms with Crippen molar-refractivity contribution in [3.8, 4) is 0 Å². The van der Waals surface area contributed by atoms with E-state index in [1.165, 1.54) is 0 Å². The molecule has 2 unspecified atom stereocenters. The molecule has 1 aromatic carbocycles. The minimum atomic E-state index is 0.0137. The molecule has 2 N–H and O–H groups in total. The normalized spacial score (nSPS) is 23.8. The highest BCUT2D eigenvalue weighted by Crippen LogP contribution is 2.24. The number of carbonyl (C=O) groups is 1. The molecule has 2 atom stereocenters. The molecule has 1 saturated heterocycles. The molecule has 0 radical (unpaired) electrons. The summed E-state index contributed by atoms with van der Waals surface area (Å²) in [6.07, 6.45) is 1.54. The average Bonchev–Trinajstić information content (AvgIpc) is 2.93. The molecule has 1 aliphatic rings. The molecule has 94 valence electrons. The topological polar surface area (TPSA) is 59.5 Å². The van der Waals surface area contributed by atoms with Gasteiger partial charge in [0.15, 0.2) is 0 Å². The molecule has 1 aliphatic heterocycles. The second-order valence-corrected chi connectivity index (χ2v) is 5.00. The van der Waals surface area contributed by atoms with E-state index in [9.17, 15) is 4.79 Å². The van der Waals surface area contributed by atoms with Crippen molar-refractivity contribution >= 4 is 16.9 Å². The monoisotopic (exact) mass is 244 g/mol. The first kappa shape index (κ1) is 11.3. The molecule has 0 spiro atoms. The van der Waals surface area contributed by atoms with Crippen molar-refractivity contribution in [3.05, 3.63) is 36.1 Å². The number of hydrogen-bond donors (Lipinski definition) is 1. The molecular weight excluding hydrogens is 228 g/mol. The summed E-state index contributed by atoms with van der Waals surface area (Å²) in [5.74, 6) is 0.367. The predicted octanol–water partition coefficient (Wildman–Crippen LogP) is 1.85. The van der Waals surface area contributed by atoms with Gasteiger partial charge in [0.25, 0.3) is 5.91 Å². The number of amides is 1. The van der Waals surface area contributed by atoms with Gasteiger partial charge < -0.3 is 15.1 Å². The maximum absolute atomic E-state index is 12.4. The second kappa shape index (κ2) is 4.14. The molecular formula is C14H16N2O2. The van der Waals surface area contributed by atoms with Gasteiger partial charge in [-0.2, -0.15) is 0 Å². The molecule has 3 rings (SSSR count). The molecule has 0 aliphatic carbocycles. The Bertz CT molecular complexity index is 580. The Hall–Kier alpha value is -1.81. The van der Waals surface area contributed by atoms with Crippen molar-refractivity contribution in [1.29, 1.82) is 0 Å². The summed E-state index contributed by atoms with van der Waals surface area (Å²) in [5.41, 5.74) is 7.33. The summed E-state index contributed by atoms with van der Waals surface area (Å²) in [4.78, 5) is 14.2. The molecule has 18 heavy (non-hydrogen) atoms. The predicted molar refractivity (Wildman–Crippen MR) is 69.3 cm³/mol. The lowest BCUT2D eigenvalue weighted by Crippen LogP contribution is -2.32. The third-order valence-corrected chi connectivity index (χ3v) is 3.67.